The number of esters is 1. The van der Waals surface area contributed by atoms with Gasteiger partial charge in [0, 0.05) is 21.3 Å². The highest BCUT2D eigenvalue weighted by Gasteiger charge is 2.36. The Labute approximate surface area is 186 Å². The summed E-state index contributed by atoms with van der Waals surface area (Å²) < 4.78 is 4.98. The number of benzene rings is 1. The van der Waals surface area contributed by atoms with E-state index >= 15 is 0 Å². The van der Waals surface area contributed by atoms with E-state index in [0.29, 0.717) is 38.6 Å². The molecule has 9 heteroatoms. The second kappa shape index (κ2) is 8.67. The standard InChI is InChI=1S/C21H18ClN3O3S2/c1-11-15(20(27)28-2)16(14-8-5-9-29-14)17-18(23-11)24-21(25-19(17)26)30-10-12-6-3-4-7-13(12)22/h3-9,16H,10H2,1-2H3,(H2,23,24,25,26). The first-order chi connectivity index (χ1) is 14.5. The molecule has 3 heterocycles. The van der Waals surface area contributed by atoms with Crippen LogP contribution in [0.5, 0.6) is 0 Å². The zero-order chi connectivity index (χ0) is 21.3. The molecular formula is C21H18ClN3O3S2. The zero-order valence-corrected chi connectivity index (χ0v) is 18.6. The number of nitrogens with zero attached hydrogens (tertiary/aromatic N) is 1. The number of aromatic amines is 1. The van der Waals surface area contributed by atoms with Gasteiger partial charge in [-0.2, -0.15) is 0 Å². The van der Waals surface area contributed by atoms with Gasteiger partial charge in [0.05, 0.1) is 24.2 Å². The molecule has 1 aliphatic heterocycles. The minimum Gasteiger partial charge on any atom is -0.466 e. The fraction of sp³-hybridized carbons (Fsp3) is 0.190. The zero-order valence-electron chi connectivity index (χ0n) is 16.2. The topological polar surface area (TPSA) is 84.1 Å². The van der Waals surface area contributed by atoms with Crippen LogP contribution in [0.25, 0.3) is 0 Å². The van der Waals surface area contributed by atoms with Gasteiger partial charge in [0.1, 0.15) is 5.82 Å². The molecule has 1 atom stereocenters. The van der Waals surface area contributed by atoms with Gasteiger partial charge in [-0.05, 0) is 30.0 Å². The Morgan fingerprint density at radius 1 is 1.30 bits per heavy atom. The number of carbonyl (C=O) groups is 1. The van der Waals surface area contributed by atoms with E-state index in [4.69, 9.17) is 16.3 Å². The lowest BCUT2D eigenvalue weighted by Gasteiger charge is -2.27. The number of allylic oxidation sites excluding steroid dienone is 1. The van der Waals surface area contributed by atoms with Crippen LogP contribution in [0.1, 0.15) is 28.8 Å². The number of rotatable bonds is 5. The largest absolute Gasteiger partial charge is 0.466 e. The van der Waals surface area contributed by atoms with Crippen LogP contribution < -0.4 is 10.9 Å². The maximum absolute atomic E-state index is 13.1. The number of aromatic nitrogens is 2. The third-order valence-electron chi connectivity index (χ3n) is 4.78. The molecule has 1 unspecified atom stereocenters. The molecule has 2 aromatic heterocycles. The molecule has 0 saturated carbocycles. The minimum atomic E-state index is -0.535. The van der Waals surface area contributed by atoms with Crippen LogP contribution in [0.4, 0.5) is 5.82 Å². The first-order valence-corrected chi connectivity index (χ1v) is 11.3. The lowest BCUT2D eigenvalue weighted by atomic mass is 9.86. The first-order valence-electron chi connectivity index (χ1n) is 9.09. The van der Waals surface area contributed by atoms with E-state index in [1.165, 1.54) is 30.2 Å². The smallest absolute Gasteiger partial charge is 0.336 e. The van der Waals surface area contributed by atoms with E-state index in [9.17, 15) is 9.59 Å². The number of thioether (sulfide) groups is 1. The molecule has 30 heavy (non-hydrogen) atoms. The molecule has 0 saturated heterocycles. The van der Waals surface area contributed by atoms with Gasteiger partial charge >= 0.3 is 5.97 Å². The monoisotopic (exact) mass is 459 g/mol. The Kier molecular flexibility index (Phi) is 5.99. The SMILES string of the molecule is COC(=O)C1=C(C)Nc2nc(SCc3ccccc3Cl)[nH]c(=O)c2C1c1cccs1. The van der Waals surface area contributed by atoms with Crippen molar-refractivity contribution in [2.24, 2.45) is 0 Å². The Bertz CT molecular complexity index is 1190. The van der Waals surface area contributed by atoms with Gasteiger partial charge < -0.3 is 15.0 Å². The van der Waals surface area contributed by atoms with Crippen molar-refractivity contribution in [1.29, 1.82) is 0 Å². The second-order valence-corrected chi connectivity index (χ2v) is 8.97. The van der Waals surface area contributed by atoms with Crippen molar-refractivity contribution in [3.8, 4) is 0 Å². The van der Waals surface area contributed by atoms with E-state index in [1.807, 2.05) is 41.8 Å². The fourth-order valence-electron chi connectivity index (χ4n) is 3.38. The van der Waals surface area contributed by atoms with Crippen LogP contribution in [-0.2, 0) is 15.3 Å². The highest BCUT2D eigenvalue weighted by Crippen LogP contribution is 2.41. The van der Waals surface area contributed by atoms with Crippen molar-refractivity contribution in [3.63, 3.8) is 0 Å². The van der Waals surface area contributed by atoms with Crippen molar-refractivity contribution in [3.05, 3.63) is 84.4 Å². The normalized spacial score (nSPS) is 15.5. The van der Waals surface area contributed by atoms with Crippen molar-refractivity contribution in [1.82, 2.24) is 9.97 Å². The molecule has 1 aliphatic rings. The van der Waals surface area contributed by atoms with Crippen molar-refractivity contribution < 1.29 is 9.53 Å². The van der Waals surface area contributed by atoms with Gasteiger partial charge in [0.2, 0.25) is 0 Å². The summed E-state index contributed by atoms with van der Waals surface area (Å²) in [6.45, 7) is 1.79. The first kappa shape index (κ1) is 20.7. The van der Waals surface area contributed by atoms with Gasteiger partial charge in [0.25, 0.3) is 5.56 Å². The summed E-state index contributed by atoms with van der Waals surface area (Å²) in [5.74, 6) is 0.00925. The molecular weight excluding hydrogens is 442 g/mol. The Balaban J connectivity index is 1.74. The molecule has 2 N–H and O–H groups in total. The summed E-state index contributed by atoms with van der Waals surface area (Å²) in [6, 6.07) is 11.3. The van der Waals surface area contributed by atoms with Crippen LogP contribution in [0.2, 0.25) is 5.02 Å². The fourth-order valence-corrected chi connectivity index (χ4v) is 5.37. The summed E-state index contributed by atoms with van der Waals surface area (Å²) in [4.78, 5) is 33.9. The third-order valence-corrected chi connectivity index (χ3v) is 7.00. The number of thiophene rings is 1. The van der Waals surface area contributed by atoms with Crippen LogP contribution in [0.15, 0.2) is 63.0 Å². The van der Waals surface area contributed by atoms with Crippen molar-refractivity contribution in [2.75, 3.05) is 12.4 Å². The van der Waals surface area contributed by atoms with Crippen molar-refractivity contribution in [2.45, 2.75) is 23.8 Å². The average molecular weight is 460 g/mol. The average Bonchev–Trinajstić information content (AvgIpc) is 3.26. The number of carbonyl (C=O) groups excluding carboxylic acids is 1. The van der Waals surface area contributed by atoms with E-state index in [2.05, 4.69) is 15.3 Å². The maximum atomic E-state index is 13.1. The number of anilines is 1. The molecule has 0 fully saturated rings. The number of ether oxygens (including phenoxy) is 1. The summed E-state index contributed by atoms with van der Waals surface area (Å²) in [5, 5.41) is 6.18. The molecule has 0 aliphatic carbocycles. The molecule has 0 bridgehead atoms. The lowest BCUT2D eigenvalue weighted by Crippen LogP contribution is -2.30. The van der Waals surface area contributed by atoms with Crippen LogP contribution >= 0.6 is 34.7 Å². The molecule has 0 amide bonds. The Morgan fingerprint density at radius 2 is 2.10 bits per heavy atom. The number of methoxy groups -OCH3 is 1. The predicted molar refractivity (Wildman–Crippen MR) is 120 cm³/mol. The number of hydrogen-bond donors (Lipinski definition) is 2. The quantitative estimate of drug-likeness (QED) is 0.324. The number of hydrogen-bond acceptors (Lipinski definition) is 7. The number of nitrogens with one attached hydrogen (secondary N) is 2. The third kappa shape index (κ3) is 3.90. The predicted octanol–water partition coefficient (Wildman–Crippen LogP) is 4.78. The van der Waals surface area contributed by atoms with Gasteiger partial charge in [0.15, 0.2) is 5.16 Å². The van der Waals surface area contributed by atoms with Crippen LogP contribution in [0.3, 0.4) is 0 Å². The summed E-state index contributed by atoms with van der Waals surface area (Å²) in [7, 11) is 1.33. The summed E-state index contributed by atoms with van der Waals surface area (Å²) >= 11 is 9.09. The highest BCUT2D eigenvalue weighted by atomic mass is 35.5. The molecule has 0 radical (unpaired) electrons. The second-order valence-electron chi connectivity index (χ2n) is 6.62. The van der Waals surface area contributed by atoms with Crippen LogP contribution in [0, 0.1) is 0 Å². The van der Waals surface area contributed by atoms with E-state index in [0.717, 1.165) is 10.4 Å². The number of fused-ring (bicyclic) bond motifs is 1. The number of H-pyrrole nitrogens is 1. The van der Waals surface area contributed by atoms with Gasteiger partial charge in [-0.3, -0.25) is 4.79 Å². The Morgan fingerprint density at radius 3 is 2.80 bits per heavy atom. The molecule has 0 spiro atoms. The van der Waals surface area contributed by atoms with E-state index in [1.54, 1.807) is 6.92 Å². The van der Waals surface area contributed by atoms with Gasteiger partial charge in [-0.1, -0.05) is 47.6 Å². The molecule has 3 aromatic rings. The minimum absolute atomic E-state index is 0.290. The van der Waals surface area contributed by atoms with Crippen molar-refractivity contribution >= 4 is 46.5 Å². The Hall–Kier alpha value is -2.55. The van der Waals surface area contributed by atoms with Crippen LogP contribution in [-0.4, -0.2) is 23.0 Å². The highest BCUT2D eigenvalue weighted by molar-refractivity contribution is 7.98. The molecule has 154 valence electrons. The van der Waals surface area contributed by atoms with Gasteiger partial charge in [-0.15, -0.1) is 11.3 Å². The van der Waals surface area contributed by atoms with E-state index < -0.39 is 11.9 Å². The molecule has 6 nitrogen and oxygen atoms in total. The number of halogens is 1. The lowest BCUT2D eigenvalue weighted by molar-refractivity contribution is -0.136. The van der Waals surface area contributed by atoms with E-state index in [-0.39, 0.29) is 5.56 Å². The van der Waals surface area contributed by atoms with Gasteiger partial charge in [-0.25, -0.2) is 9.78 Å². The molecule has 1 aromatic carbocycles. The summed E-state index contributed by atoms with van der Waals surface area (Å²) in [6.07, 6.45) is 0. The maximum Gasteiger partial charge on any atom is 0.336 e. The summed E-state index contributed by atoms with van der Waals surface area (Å²) in [5.41, 5.74) is 2.11. The molecule has 4 rings (SSSR count).